The lowest BCUT2D eigenvalue weighted by Crippen LogP contribution is -2.12. The highest BCUT2D eigenvalue weighted by molar-refractivity contribution is 6.11. The van der Waals surface area contributed by atoms with Gasteiger partial charge in [-0.1, -0.05) is 69.3 Å². The zero-order valence-electron chi connectivity index (χ0n) is 17.8. The van der Waals surface area contributed by atoms with E-state index in [1.54, 1.807) is 6.33 Å². The van der Waals surface area contributed by atoms with E-state index in [0.717, 1.165) is 38.7 Å². The first kappa shape index (κ1) is 18.1. The summed E-state index contributed by atoms with van der Waals surface area (Å²) >= 11 is 0. The zero-order chi connectivity index (χ0) is 21.2. The summed E-state index contributed by atoms with van der Waals surface area (Å²) in [5.74, 6) is 0. The van der Waals surface area contributed by atoms with E-state index in [4.69, 9.17) is 4.42 Å². The van der Waals surface area contributed by atoms with Crippen molar-refractivity contribution in [3.05, 3.63) is 84.7 Å². The third-order valence-electron chi connectivity index (χ3n) is 6.06. The Labute approximate surface area is 180 Å². The van der Waals surface area contributed by atoms with Crippen LogP contribution in [0.2, 0.25) is 0 Å². The number of nitrogens with zero attached hydrogens (tertiary/aromatic N) is 2. The summed E-state index contributed by atoms with van der Waals surface area (Å²) in [5, 5.41) is 5.84. The molecule has 0 amide bonds. The molecule has 0 saturated carbocycles. The van der Waals surface area contributed by atoms with Gasteiger partial charge in [0.15, 0.2) is 5.58 Å². The van der Waals surface area contributed by atoms with E-state index in [9.17, 15) is 0 Å². The molecule has 2 heterocycles. The van der Waals surface area contributed by atoms with Crippen LogP contribution in [-0.4, -0.2) is 9.97 Å². The largest absolute Gasteiger partial charge is 0.452 e. The summed E-state index contributed by atoms with van der Waals surface area (Å²) in [7, 11) is 0. The Morgan fingerprint density at radius 1 is 0.710 bits per heavy atom. The van der Waals surface area contributed by atoms with Gasteiger partial charge in [0.1, 0.15) is 23.1 Å². The molecule has 3 heteroatoms. The Kier molecular flexibility index (Phi) is 3.73. The molecule has 0 spiro atoms. The quantitative estimate of drug-likeness (QED) is 0.283. The van der Waals surface area contributed by atoms with Crippen LogP contribution in [-0.2, 0) is 5.41 Å². The predicted molar refractivity (Wildman–Crippen MR) is 128 cm³/mol. The molecule has 0 fully saturated rings. The van der Waals surface area contributed by atoms with E-state index in [0.29, 0.717) is 0 Å². The average Bonchev–Trinajstić information content (AvgIpc) is 3.13. The Balaban J connectivity index is 1.68. The third-order valence-corrected chi connectivity index (χ3v) is 6.06. The van der Waals surface area contributed by atoms with Crippen LogP contribution >= 0.6 is 0 Å². The van der Waals surface area contributed by atoms with Crippen LogP contribution in [0, 0.1) is 0 Å². The second kappa shape index (κ2) is 6.39. The van der Waals surface area contributed by atoms with Gasteiger partial charge in [0.05, 0.1) is 0 Å². The summed E-state index contributed by atoms with van der Waals surface area (Å²) < 4.78 is 6.36. The van der Waals surface area contributed by atoms with Crippen LogP contribution < -0.4 is 0 Å². The number of benzene rings is 4. The van der Waals surface area contributed by atoms with Crippen molar-refractivity contribution in [1.82, 2.24) is 9.97 Å². The van der Waals surface area contributed by atoms with Gasteiger partial charge in [0.2, 0.25) is 0 Å². The monoisotopic (exact) mass is 402 g/mol. The molecule has 0 aliphatic rings. The fourth-order valence-corrected chi connectivity index (χ4v) is 4.53. The number of aromatic nitrogens is 2. The van der Waals surface area contributed by atoms with Crippen molar-refractivity contribution < 1.29 is 4.42 Å². The Morgan fingerprint density at radius 2 is 1.42 bits per heavy atom. The zero-order valence-corrected chi connectivity index (χ0v) is 17.8. The van der Waals surface area contributed by atoms with Gasteiger partial charge in [0, 0.05) is 10.9 Å². The van der Waals surface area contributed by atoms with Gasteiger partial charge in [-0.15, -0.1) is 0 Å². The molecule has 6 aromatic rings. The predicted octanol–water partition coefficient (Wildman–Crippen LogP) is 7.65. The molecule has 0 radical (unpaired) electrons. The fraction of sp³-hybridized carbons (Fsp3) is 0.143. The van der Waals surface area contributed by atoms with E-state index >= 15 is 0 Å². The van der Waals surface area contributed by atoms with Crippen molar-refractivity contribution in [2.75, 3.05) is 0 Å². The number of furan rings is 1. The van der Waals surface area contributed by atoms with Crippen molar-refractivity contribution >= 4 is 43.6 Å². The molecule has 0 bridgehead atoms. The molecule has 6 rings (SSSR count). The lowest BCUT2D eigenvalue weighted by molar-refractivity contribution is 0.596. The van der Waals surface area contributed by atoms with Crippen LogP contribution in [0.5, 0.6) is 0 Å². The van der Waals surface area contributed by atoms with E-state index < -0.39 is 0 Å². The summed E-state index contributed by atoms with van der Waals surface area (Å²) in [5.41, 5.74) is 5.63. The molecule has 150 valence electrons. The second-order valence-corrected chi connectivity index (χ2v) is 9.19. The van der Waals surface area contributed by atoms with Gasteiger partial charge < -0.3 is 4.42 Å². The maximum absolute atomic E-state index is 6.36. The van der Waals surface area contributed by atoms with Gasteiger partial charge in [-0.2, -0.15) is 0 Å². The summed E-state index contributed by atoms with van der Waals surface area (Å²) in [6, 6.07) is 25.6. The maximum atomic E-state index is 6.36. The third kappa shape index (κ3) is 2.81. The van der Waals surface area contributed by atoms with Crippen LogP contribution in [0.3, 0.4) is 0 Å². The summed E-state index contributed by atoms with van der Waals surface area (Å²) in [6.07, 6.45) is 1.65. The van der Waals surface area contributed by atoms with Gasteiger partial charge in [0.25, 0.3) is 0 Å². The van der Waals surface area contributed by atoms with E-state index in [-0.39, 0.29) is 5.41 Å². The number of hydrogen-bond donors (Lipinski definition) is 0. The minimum atomic E-state index is 0.00730. The highest BCUT2D eigenvalue weighted by Gasteiger charge is 2.21. The molecular formula is C28H22N2O. The Bertz CT molecular complexity index is 1620. The van der Waals surface area contributed by atoms with Crippen LogP contribution in [0.1, 0.15) is 26.3 Å². The SMILES string of the molecule is CC(C)(C)c1cc(-c2ncnc3c2oc2cc4ccccc4cc23)cc2ccccc12. The van der Waals surface area contributed by atoms with Crippen molar-refractivity contribution in [3.63, 3.8) is 0 Å². The minimum Gasteiger partial charge on any atom is -0.452 e. The van der Waals surface area contributed by atoms with Gasteiger partial charge in [-0.3, -0.25) is 0 Å². The first-order chi connectivity index (χ1) is 15.0. The highest BCUT2D eigenvalue weighted by Crippen LogP contribution is 2.38. The van der Waals surface area contributed by atoms with Crippen LogP contribution in [0.4, 0.5) is 0 Å². The molecule has 31 heavy (non-hydrogen) atoms. The molecule has 0 saturated heterocycles. The Hall–Kier alpha value is -3.72. The molecule has 0 atom stereocenters. The van der Waals surface area contributed by atoms with Crippen molar-refractivity contribution in [3.8, 4) is 11.3 Å². The molecule has 0 N–H and O–H groups in total. The first-order valence-corrected chi connectivity index (χ1v) is 10.6. The summed E-state index contributed by atoms with van der Waals surface area (Å²) in [6.45, 7) is 6.75. The molecule has 0 aliphatic carbocycles. The number of fused-ring (bicyclic) bond motifs is 5. The fourth-order valence-electron chi connectivity index (χ4n) is 4.53. The topological polar surface area (TPSA) is 38.9 Å². The second-order valence-electron chi connectivity index (χ2n) is 9.19. The molecule has 3 nitrogen and oxygen atoms in total. The number of rotatable bonds is 1. The normalized spacial score (nSPS) is 12.4. The van der Waals surface area contributed by atoms with Crippen molar-refractivity contribution in [1.29, 1.82) is 0 Å². The molecule has 0 aliphatic heterocycles. The molecular weight excluding hydrogens is 380 g/mol. The van der Waals surface area contributed by atoms with Gasteiger partial charge in [-0.05, 0) is 56.8 Å². The van der Waals surface area contributed by atoms with Crippen LogP contribution in [0.25, 0.3) is 54.9 Å². The van der Waals surface area contributed by atoms with E-state index in [1.165, 1.54) is 21.7 Å². The standard InChI is InChI=1S/C28H22N2O/c1-28(2,3)23-14-20(12-19-10-6-7-11-21(19)23)25-27-26(30-16-29-25)22-13-17-8-4-5-9-18(17)15-24(22)31-27/h4-16H,1-3H3. The maximum Gasteiger partial charge on any atom is 0.180 e. The smallest absolute Gasteiger partial charge is 0.180 e. The van der Waals surface area contributed by atoms with Gasteiger partial charge in [-0.25, -0.2) is 9.97 Å². The van der Waals surface area contributed by atoms with Crippen molar-refractivity contribution in [2.45, 2.75) is 26.2 Å². The van der Waals surface area contributed by atoms with E-state index in [1.807, 2.05) is 6.07 Å². The van der Waals surface area contributed by atoms with Crippen LogP contribution in [0.15, 0.2) is 83.5 Å². The highest BCUT2D eigenvalue weighted by atomic mass is 16.3. The van der Waals surface area contributed by atoms with Crippen molar-refractivity contribution in [2.24, 2.45) is 0 Å². The average molecular weight is 402 g/mol. The Morgan fingerprint density at radius 3 is 2.19 bits per heavy atom. The van der Waals surface area contributed by atoms with Gasteiger partial charge >= 0.3 is 0 Å². The van der Waals surface area contributed by atoms with E-state index in [2.05, 4.69) is 97.5 Å². The first-order valence-electron chi connectivity index (χ1n) is 10.6. The lowest BCUT2D eigenvalue weighted by Gasteiger charge is -2.22. The summed E-state index contributed by atoms with van der Waals surface area (Å²) in [4.78, 5) is 9.26. The molecule has 4 aromatic carbocycles. The molecule has 0 unspecified atom stereocenters. The number of hydrogen-bond acceptors (Lipinski definition) is 3. The molecule has 2 aromatic heterocycles. The lowest BCUT2D eigenvalue weighted by atomic mass is 9.82. The minimum absolute atomic E-state index is 0.00730.